The number of rotatable bonds is 6. The molecule has 0 saturated heterocycles. The largest absolute Gasteiger partial charge is 0.411 e. The molecule has 16 heavy (non-hydrogen) atoms. The topological polar surface area (TPSA) is 58.6 Å². The Morgan fingerprint density at radius 3 is 2.38 bits per heavy atom. The van der Waals surface area contributed by atoms with E-state index in [-0.39, 0.29) is 12.5 Å². The van der Waals surface area contributed by atoms with Crippen LogP contribution < -0.4 is 5.32 Å². The van der Waals surface area contributed by atoms with Crippen LogP contribution in [-0.4, -0.2) is 43.1 Å². The van der Waals surface area contributed by atoms with E-state index in [1.807, 2.05) is 0 Å². The van der Waals surface area contributed by atoms with Crippen molar-refractivity contribution in [1.29, 1.82) is 0 Å². The Hall–Kier alpha value is -0.820. The molecule has 0 aromatic rings. The van der Waals surface area contributed by atoms with Crippen molar-refractivity contribution in [3.05, 3.63) is 0 Å². The predicted octanol–water partition coefficient (Wildman–Crippen LogP) is 0.698. The Labute approximate surface area is 91.8 Å². The van der Waals surface area contributed by atoms with Gasteiger partial charge >= 0.3 is 6.18 Å². The van der Waals surface area contributed by atoms with Crippen molar-refractivity contribution in [1.82, 2.24) is 5.32 Å². The van der Waals surface area contributed by atoms with E-state index >= 15 is 0 Å². The normalized spacial score (nSPS) is 13.9. The predicted molar refractivity (Wildman–Crippen MR) is 50.7 cm³/mol. The van der Waals surface area contributed by atoms with Gasteiger partial charge in [-0.1, -0.05) is 13.8 Å². The van der Waals surface area contributed by atoms with Crippen LogP contribution in [0, 0.1) is 5.92 Å². The highest BCUT2D eigenvalue weighted by Gasteiger charge is 2.28. The number of hydrogen-bond donors (Lipinski definition) is 2. The fourth-order valence-electron chi connectivity index (χ4n) is 0.931. The zero-order chi connectivity index (χ0) is 12.8. The SMILES string of the molecule is CC(C)C(CO)NC(=O)COCC(F)(F)F. The number of carbonyl (C=O) groups excluding carboxylic acids is 1. The Morgan fingerprint density at radius 2 is 2.00 bits per heavy atom. The highest BCUT2D eigenvalue weighted by molar-refractivity contribution is 5.77. The lowest BCUT2D eigenvalue weighted by atomic mass is 10.1. The fraction of sp³-hybridized carbons (Fsp3) is 0.889. The molecule has 0 radical (unpaired) electrons. The maximum atomic E-state index is 11.7. The van der Waals surface area contributed by atoms with Crippen LogP contribution in [0.15, 0.2) is 0 Å². The minimum Gasteiger partial charge on any atom is -0.394 e. The number of ether oxygens (including phenoxy) is 1. The highest BCUT2D eigenvalue weighted by Crippen LogP contribution is 2.14. The molecule has 2 N–H and O–H groups in total. The van der Waals surface area contributed by atoms with Gasteiger partial charge in [0.05, 0.1) is 12.6 Å². The molecular formula is C9H16F3NO3. The quantitative estimate of drug-likeness (QED) is 0.722. The van der Waals surface area contributed by atoms with Crippen molar-refractivity contribution in [2.75, 3.05) is 19.8 Å². The van der Waals surface area contributed by atoms with Crippen molar-refractivity contribution < 1.29 is 27.8 Å². The van der Waals surface area contributed by atoms with Crippen LogP contribution in [0.2, 0.25) is 0 Å². The minimum absolute atomic E-state index is 0.00318. The van der Waals surface area contributed by atoms with E-state index in [0.717, 1.165) is 0 Å². The summed E-state index contributed by atoms with van der Waals surface area (Å²) in [4.78, 5) is 11.1. The van der Waals surface area contributed by atoms with Gasteiger partial charge in [-0.15, -0.1) is 0 Å². The van der Waals surface area contributed by atoms with Crippen LogP contribution in [-0.2, 0) is 9.53 Å². The molecule has 0 aromatic carbocycles. The first-order chi connectivity index (χ1) is 7.26. The lowest BCUT2D eigenvalue weighted by molar-refractivity contribution is -0.175. The second-order valence-corrected chi connectivity index (χ2v) is 3.71. The molecule has 0 aliphatic heterocycles. The standard InChI is InChI=1S/C9H16F3NO3/c1-6(2)7(3-14)13-8(15)4-16-5-9(10,11)12/h6-7,14H,3-5H2,1-2H3,(H,13,15). The third-order valence-electron chi connectivity index (χ3n) is 1.85. The third-order valence-corrected chi connectivity index (χ3v) is 1.85. The van der Waals surface area contributed by atoms with Crippen molar-refractivity contribution in [3.63, 3.8) is 0 Å². The van der Waals surface area contributed by atoms with Gasteiger partial charge in [-0.3, -0.25) is 4.79 Å². The van der Waals surface area contributed by atoms with E-state index in [4.69, 9.17) is 5.11 Å². The van der Waals surface area contributed by atoms with Gasteiger partial charge in [-0.25, -0.2) is 0 Å². The lowest BCUT2D eigenvalue weighted by Gasteiger charge is -2.19. The summed E-state index contributed by atoms with van der Waals surface area (Å²) < 4.78 is 39.2. The number of aliphatic hydroxyl groups is 1. The van der Waals surface area contributed by atoms with Gasteiger partial charge in [-0.05, 0) is 5.92 Å². The molecule has 0 spiro atoms. The van der Waals surface area contributed by atoms with Crippen molar-refractivity contribution >= 4 is 5.91 Å². The first kappa shape index (κ1) is 15.2. The van der Waals surface area contributed by atoms with Crippen LogP contribution in [0.5, 0.6) is 0 Å². The molecule has 0 aliphatic carbocycles. The summed E-state index contributed by atoms with van der Waals surface area (Å²) in [7, 11) is 0. The summed E-state index contributed by atoms with van der Waals surface area (Å²) in [5.41, 5.74) is 0. The van der Waals surface area contributed by atoms with Crippen LogP contribution in [0.4, 0.5) is 13.2 Å². The van der Waals surface area contributed by atoms with Crippen molar-refractivity contribution in [2.45, 2.75) is 26.1 Å². The molecule has 96 valence electrons. The minimum atomic E-state index is -4.44. The monoisotopic (exact) mass is 243 g/mol. The van der Waals surface area contributed by atoms with E-state index in [1.165, 1.54) is 0 Å². The van der Waals surface area contributed by atoms with Gasteiger partial charge in [0.15, 0.2) is 0 Å². The Bertz CT molecular complexity index is 219. The van der Waals surface area contributed by atoms with E-state index in [0.29, 0.717) is 0 Å². The third kappa shape index (κ3) is 7.47. The second kappa shape index (κ2) is 6.70. The molecule has 0 heterocycles. The summed E-state index contributed by atoms with van der Waals surface area (Å²) in [6.45, 7) is 1.17. The molecule has 7 heteroatoms. The lowest BCUT2D eigenvalue weighted by Crippen LogP contribution is -2.43. The van der Waals surface area contributed by atoms with Crippen LogP contribution in [0.3, 0.4) is 0 Å². The van der Waals surface area contributed by atoms with Gasteiger partial charge < -0.3 is 15.2 Å². The average Bonchev–Trinajstić information content (AvgIpc) is 2.11. The van der Waals surface area contributed by atoms with Gasteiger partial charge in [0.2, 0.25) is 5.91 Å². The molecule has 1 unspecified atom stereocenters. The molecule has 0 saturated carbocycles. The molecule has 1 atom stereocenters. The molecular weight excluding hydrogens is 227 g/mol. The first-order valence-electron chi connectivity index (χ1n) is 4.81. The Balaban J connectivity index is 3.82. The zero-order valence-corrected chi connectivity index (χ0v) is 9.17. The number of amides is 1. The van der Waals surface area contributed by atoms with Gasteiger partial charge in [0.25, 0.3) is 0 Å². The van der Waals surface area contributed by atoms with E-state index in [1.54, 1.807) is 13.8 Å². The summed E-state index contributed by atoms with van der Waals surface area (Å²) in [5, 5.41) is 11.2. The molecule has 0 bridgehead atoms. The van der Waals surface area contributed by atoms with Crippen LogP contribution in [0.1, 0.15) is 13.8 Å². The highest BCUT2D eigenvalue weighted by atomic mass is 19.4. The van der Waals surface area contributed by atoms with E-state index in [2.05, 4.69) is 10.1 Å². The molecule has 1 amide bonds. The molecule has 0 rings (SSSR count). The molecule has 0 aliphatic rings. The van der Waals surface area contributed by atoms with Crippen LogP contribution in [0.25, 0.3) is 0 Å². The average molecular weight is 243 g/mol. The number of alkyl halides is 3. The van der Waals surface area contributed by atoms with Crippen molar-refractivity contribution in [2.24, 2.45) is 5.92 Å². The number of nitrogens with one attached hydrogen (secondary N) is 1. The summed E-state index contributed by atoms with van der Waals surface area (Å²) in [6, 6.07) is -0.470. The maximum absolute atomic E-state index is 11.7. The van der Waals surface area contributed by atoms with Crippen LogP contribution >= 0.6 is 0 Å². The second-order valence-electron chi connectivity index (χ2n) is 3.71. The number of hydrogen-bond acceptors (Lipinski definition) is 3. The molecule has 0 aromatic heterocycles. The van der Waals surface area contributed by atoms with Crippen molar-refractivity contribution in [3.8, 4) is 0 Å². The number of halogens is 3. The molecule has 0 fully saturated rings. The van der Waals surface area contributed by atoms with Gasteiger partial charge in [0.1, 0.15) is 13.2 Å². The van der Waals surface area contributed by atoms with E-state index < -0.39 is 31.3 Å². The summed E-state index contributed by atoms with van der Waals surface area (Å²) in [5.74, 6) is -0.673. The Kier molecular flexibility index (Phi) is 6.35. The first-order valence-corrected chi connectivity index (χ1v) is 4.81. The number of carbonyl (C=O) groups is 1. The number of aliphatic hydroxyl groups excluding tert-OH is 1. The fourth-order valence-corrected chi connectivity index (χ4v) is 0.931. The zero-order valence-electron chi connectivity index (χ0n) is 9.17. The molecule has 4 nitrogen and oxygen atoms in total. The van der Waals surface area contributed by atoms with E-state index in [9.17, 15) is 18.0 Å². The van der Waals surface area contributed by atoms with Gasteiger partial charge in [-0.2, -0.15) is 13.2 Å². The Morgan fingerprint density at radius 1 is 1.44 bits per heavy atom. The summed E-state index contributed by atoms with van der Waals surface area (Å²) >= 11 is 0. The maximum Gasteiger partial charge on any atom is 0.411 e. The summed E-state index contributed by atoms with van der Waals surface area (Å²) in [6.07, 6.45) is -4.44. The van der Waals surface area contributed by atoms with Gasteiger partial charge in [0, 0.05) is 0 Å². The smallest absolute Gasteiger partial charge is 0.394 e.